The number of sulfonamides is 1. The predicted octanol–water partition coefficient (Wildman–Crippen LogP) is 2.42. The lowest BCUT2D eigenvalue weighted by atomic mass is 10.2. The zero-order valence-electron chi connectivity index (χ0n) is 11.4. The van der Waals surface area contributed by atoms with Crippen LogP contribution in [0.5, 0.6) is 0 Å². The van der Waals surface area contributed by atoms with Crippen LogP contribution in [0.1, 0.15) is 37.5 Å². The van der Waals surface area contributed by atoms with Gasteiger partial charge in [0.1, 0.15) is 0 Å². The molecule has 1 aromatic rings. The lowest BCUT2D eigenvalue weighted by Crippen LogP contribution is -2.31. The van der Waals surface area contributed by atoms with E-state index in [1.165, 1.54) is 11.3 Å². The summed E-state index contributed by atoms with van der Waals surface area (Å²) < 4.78 is 26.7. The van der Waals surface area contributed by atoms with Crippen LogP contribution in [0.25, 0.3) is 0 Å². The minimum atomic E-state index is -3.27. The first-order valence-electron chi connectivity index (χ1n) is 6.93. The van der Waals surface area contributed by atoms with Crippen LogP contribution in [-0.2, 0) is 16.6 Å². The van der Waals surface area contributed by atoms with Gasteiger partial charge in [0, 0.05) is 29.9 Å². The standard InChI is InChI=1S/C13H22N2O2S2/c1-2-14-10-12-9-13(11-18-12)19(16,17)15-7-5-3-4-6-8-15/h9,11,14H,2-8,10H2,1H3. The maximum Gasteiger partial charge on any atom is 0.243 e. The van der Waals surface area contributed by atoms with Crippen molar-refractivity contribution < 1.29 is 8.42 Å². The second-order valence-electron chi connectivity index (χ2n) is 4.85. The van der Waals surface area contributed by atoms with E-state index in [0.29, 0.717) is 18.0 Å². The van der Waals surface area contributed by atoms with Crippen LogP contribution in [0.15, 0.2) is 16.3 Å². The predicted molar refractivity (Wildman–Crippen MR) is 78.9 cm³/mol. The van der Waals surface area contributed by atoms with Crippen LogP contribution in [0.3, 0.4) is 0 Å². The van der Waals surface area contributed by atoms with Gasteiger partial charge in [0.15, 0.2) is 0 Å². The summed E-state index contributed by atoms with van der Waals surface area (Å²) >= 11 is 1.52. The third-order valence-electron chi connectivity index (χ3n) is 3.38. The van der Waals surface area contributed by atoms with E-state index in [1.807, 2.05) is 13.0 Å². The molecule has 0 spiro atoms. The van der Waals surface area contributed by atoms with Gasteiger partial charge in [-0.05, 0) is 25.5 Å². The number of nitrogens with one attached hydrogen (secondary N) is 1. The van der Waals surface area contributed by atoms with Gasteiger partial charge in [-0.2, -0.15) is 4.31 Å². The fraction of sp³-hybridized carbons (Fsp3) is 0.692. The molecule has 19 heavy (non-hydrogen) atoms. The highest BCUT2D eigenvalue weighted by Crippen LogP contribution is 2.24. The molecule has 0 amide bonds. The quantitative estimate of drug-likeness (QED) is 0.909. The monoisotopic (exact) mass is 302 g/mol. The minimum Gasteiger partial charge on any atom is -0.312 e. The molecule has 1 aliphatic rings. The summed E-state index contributed by atoms with van der Waals surface area (Å²) in [7, 11) is -3.27. The molecule has 0 radical (unpaired) electrons. The van der Waals surface area contributed by atoms with Gasteiger partial charge in [-0.15, -0.1) is 11.3 Å². The first-order chi connectivity index (χ1) is 9.14. The Hall–Kier alpha value is -0.430. The molecule has 0 aliphatic carbocycles. The summed E-state index contributed by atoms with van der Waals surface area (Å²) in [6.45, 7) is 5.02. The molecule has 1 aromatic heterocycles. The van der Waals surface area contributed by atoms with Crippen LogP contribution in [0.2, 0.25) is 0 Å². The van der Waals surface area contributed by atoms with Crippen LogP contribution in [0, 0.1) is 0 Å². The Morgan fingerprint density at radius 2 is 1.95 bits per heavy atom. The Morgan fingerprint density at radius 3 is 2.58 bits per heavy atom. The van der Waals surface area contributed by atoms with Crippen LogP contribution >= 0.6 is 11.3 Å². The van der Waals surface area contributed by atoms with E-state index in [9.17, 15) is 8.42 Å². The number of hydrogen-bond donors (Lipinski definition) is 1. The van der Waals surface area contributed by atoms with E-state index in [-0.39, 0.29) is 0 Å². The molecular formula is C13H22N2O2S2. The van der Waals surface area contributed by atoms with Gasteiger partial charge in [-0.25, -0.2) is 8.42 Å². The van der Waals surface area contributed by atoms with Gasteiger partial charge in [0.25, 0.3) is 0 Å². The molecule has 0 aromatic carbocycles. The van der Waals surface area contributed by atoms with Crippen molar-refractivity contribution in [3.8, 4) is 0 Å². The molecule has 0 saturated carbocycles. The van der Waals surface area contributed by atoms with Gasteiger partial charge in [0.05, 0.1) is 4.90 Å². The highest BCUT2D eigenvalue weighted by Gasteiger charge is 2.25. The Labute approximate surface area is 119 Å². The summed E-state index contributed by atoms with van der Waals surface area (Å²) in [6, 6.07) is 1.81. The van der Waals surface area contributed by atoms with Gasteiger partial charge in [-0.1, -0.05) is 19.8 Å². The second-order valence-corrected chi connectivity index (χ2v) is 7.78. The van der Waals surface area contributed by atoms with E-state index in [0.717, 1.165) is 43.6 Å². The van der Waals surface area contributed by atoms with Crippen molar-refractivity contribution in [3.05, 3.63) is 16.3 Å². The fourth-order valence-corrected chi connectivity index (χ4v) is 5.02. The number of thiophene rings is 1. The lowest BCUT2D eigenvalue weighted by Gasteiger charge is -2.18. The van der Waals surface area contributed by atoms with Crippen molar-refractivity contribution in [2.24, 2.45) is 0 Å². The molecule has 4 nitrogen and oxygen atoms in total. The third-order valence-corrected chi connectivity index (χ3v) is 6.34. The normalized spacial score (nSPS) is 18.4. The summed E-state index contributed by atoms with van der Waals surface area (Å²) in [4.78, 5) is 1.54. The van der Waals surface area contributed by atoms with Gasteiger partial charge in [0.2, 0.25) is 10.0 Å². The Balaban J connectivity index is 2.11. The largest absolute Gasteiger partial charge is 0.312 e. The molecule has 108 valence electrons. The number of rotatable bonds is 5. The molecule has 0 unspecified atom stereocenters. The average molecular weight is 302 g/mol. The zero-order valence-corrected chi connectivity index (χ0v) is 13.0. The van der Waals surface area contributed by atoms with Crippen molar-refractivity contribution >= 4 is 21.4 Å². The maximum atomic E-state index is 12.5. The molecular weight excluding hydrogens is 280 g/mol. The van der Waals surface area contributed by atoms with E-state index in [2.05, 4.69) is 5.32 Å². The minimum absolute atomic E-state index is 0.465. The molecule has 2 rings (SSSR count). The van der Waals surface area contributed by atoms with Crippen molar-refractivity contribution in [1.29, 1.82) is 0 Å². The Morgan fingerprint density at radius 1 is 1.26 bits per heavy atom. The van der Waals surface area contributed by atoms with Crippen LogP contribution in [0.4, 0.5) is 0 Å². The highest BCUT2D eigenvalue weighted by atomic mass is 32.2. The van der Waals surface area contributed by atoms with Crippen molar-refractivity contribution in [2.75, 3.05) is 19.6 Å². The fourth-order valence-electron chi connectivity index (χ4n) is 2.27. The lowest BCUT2D eigenvalue weighted by molar-refractivity contribution is 0.424. The van der Waals surface area contributed by atoms with Crippen molar-refractivity contribution in [3.63, 3.8) is 0 Å². The molecule has 0 atom stereocenters. The second kappa shape index (κ2) is 6.83. The summed E-state index contributed by atoms with van der Waals surface area (Å²) in [5.74, 6) is 0. The van der Waals surface area contributed by atoms with Crippen molar-refractivity contribution in [1.82, 2.24) is 9.62 Å². The number of nitrogens with zero attached hydrogens (tertiary/aromatic N) is 1. The van der Waals surface area contributed by atoms with E-state index in [4.69, 9.17) is 0 Å². The van der Waals surface area contributed by atoms with E-state index < -0.39 is 10.0 Å². The third kappa shape index (κ3) is 3.78. The van der Waals surface area contributed by atoms with Gasteiger partial charge in [-0.3, -0.25) is 0 Å². The SMILES string of the molecule is CCNCc1cc(S(=O)(=O)N2CCCCCC2)cs1. The van der Waals surface area contributed by atoms with Crippen LogP contribution < -0.4 is 5.32 Å². The topological polar surface area (TPSA) is 49.4 Å². The molecule has 1 saturated heterocycles. The number of hydrogen-bond acceptors (Lipinski definition) is 4. The smallest absolute Gasteiger partial charge is 0.243 e. The van der Waals surface area contributed by atoms with Crippen molar-refractivity contribution in [2.45, 2.75) is 44.0 Å². The van der Waals surface area contributed by atoms with E-state index >= 15 is 0 Å². The Kier molecular flexibility index (Phi) is 5.38. The summed E-state index contributed by atoms with van der Waals surface area (Å²) in [5, 5.41) is 4.99. The summed E-state index contributed by atoms with van der Waals surface area (Å²) in [6.07, 6.45) is 4.24. The Bertz CT molecular complexity index is 488. The first kappa shape index (κ1) is 15.0. The summed E-state index contributed by atoms with van der Waals surface area (Å²) in [5.41, 5.74) is 0. The zero-order chi connectivity index (χ0) is 13.7. The average Bonchev–Trinajstić information content (AvgIpc) is 2.70. The van der Waals surface area contributed by atoms with Crippen LogP contribution in [-0.4, -0.2) is 32.4 Å². The highest BCUT2D eigenvalue weighted by molar-refractivity contribution is 7.89. The van der Waals surface area contributed by atoms with Gasteiger partial charge >= 0.3 is 0 Å². The van der Waals surface area contributed by atoms with Gasteiger partial charge < -0.3 is 5.32 Å². The van der Waals surface area contributed by atoms with E-state index in [1.54, 1.807) is 9.69 Å². The molecule has 1 N–H and O–H groups in total. The molecule has 6 heteroatoms. The molecule has 0 bridgehead atoms. The maximum absolute atomic E-state index is 12.5. The first-order valence-corrected chi connectivity index (χ1v) is 9.25. The molecule has 1 fully saturated rings. The molecule has 2 heterocycles. The molecule has 1 aliphatic heterocycles.